The Morgan fingerprint density at radius 3 is 2.54 bits per heavy atom. The van der Waals surface area contributed by atoms with Crippen molar-refractivity contribution in [2.75, 3.05) is 6.61 Å². The van der Waals surface area contributed by atoms with Gasteiger partial charge in [0, 0.05) is 6.61 Å². The van der Waals surface area contributed by atoms with E-state index in [0.717, 1.165) is 19.3 Å². The molecule has 0 radical (unpaired) electrons. The molecular formula is C12H16O. The Kier molecular flexibility index (Phi) is 4.95. The molecule has 0 fully saturated rings. The summed E-state index contributed by atoms with van der Waals surface area (Å²) < 4.78 is 0. The van der Waals surface area contributed by atoms with E-state index in [1.54, 1.807) is 0 Å². The minimum Gasteiger partial charge on any atom is -0.396 e. The van der Waals surface area contributed by atoms with Crippen molar-refractivity contribution in [3.05, 3.63) is 48.1 Å². The van der Waals surface area contributed by atoms with Crippen LogP contribution in [0.15, 0.2) is 48.1 Å². The molecule has 0 unspecified atom stereocenters. The maximum atomic E-state index is 8.63. The summed E-state index contributed by atoms with van der Waals surface area (Å²) in [6.07, 6.45) is 17.4. The zero-order chi connectivity index (χ0) is 9.36. The lowest BCUT2D eigenvalue weighted by Crippen LogP contribution is -1.85. The van der Waals surface area contributed by atoms with Gasteiger partial charge in [0.15, 0.2) is 0 Å². The van der Waals surface area contributed by atoms with Gasteiger partial charge in [-0.25, -0.2) is 0 Å². The number of allylic oxidation sites excluding steroid dienone is 8. The first-order valence-corrected chi connectivity index (χ1v) is 4.75. The van der Waals surface area contributed by atoms with E-state index in [2.05, 4.69) is 12.2 Å². The number of hydrogen-bond donors (Lipinski definition) is 1. The fraction of sp³-hybridized carbons (Fsp3) is 0.333. The minimum absolute atomic E-state index is 0.298. The van der Waals surface area contributed by atoms with Gasteiger partial charge in [-0.05, 0) is 24.8 Å². The van der Waals surface area contributed by atoms with E-state index in [0.29, 0.717) is 6.61 Å². The summed E-state index contributed by atoms with van der Waals surface area (Å²) in [6.45, 7) is 0.298. The lowest BCUT2D eigenvalue weighted by atomic mass is 10.1. The number of unbranched alkanes of at least 4 members (excludes halogenated alkanes) is 1. The molecule has 1 heteroatoms. The number of hydrogen-bond acceptors (Lipinski definition) is 1. The van der Waals surface area contributed by atoms with Gasteiger partial charge >= 0.3 is 0 Å². The van der Waals surface area contributed by atoms with Gasteiger partial charge in [0.1, 0.15) is 0 Å². The van der Waals surface area contributed by atoms with Gasteiger partial charge in [-0.3, -0.25) is 0 Å². The van der Waals surface area contributed by atoms with Crippen molar-refractivity contribution >= 4 is 0 Å². The molecule has 1 aliphatic rings. The smallest absolute Gasteiger partial charge is 0.0431 e. The molecule has 0 aromatic heterocycles. The highest BCUT2D eigenvalue weighted by Crippen LogP contribution is 2.10. The quantitative estimate of drug-likeness (QED) is 0.653. The number of aliphatic hydroxyl groups is 1. The Bertz CT molecular complexity index is 244. The highest BCUT2D eigenvalue weighted by atomic mass is 16.2. The molecule has 0 aromatic carbocycles. The summed E-state index contributed by atoms with van der Waals surface area (Å²) in [5.41, 5.74) is 1.33. The Labute approximate surface area is 79.8 Å². The van der Waals surface area contributed by atoms with Crippen LogP contribution in [0.3, 0.4) is 0 Å². The molecule has 1 rings (SSSR count). The normalized spacial score (nSPS) is 15.3. The maximum absolute atomic E-state index is 8.63. The van der Waals surface area contributed by atoms with Gasteiger partial charge in [0.2, 0.25) is 0 Å². The predicted octanol–water partition coefficient (Wildman–Crippen LogP) is 2.76. The molecule has 0 aromatic rings. The van der Waals surface area contributed by atoms with E-state index in [1.165, 1.54) is 5.57 Å². The van der Waals surface area contributed by atoms with E-state index in [-0.39, 0.29) is 0 Å². The molecule has 13 heavy (non-hydrogen) atoms. The Hall–Kier alpha value is -1.08. The predicted molar refractivity (Wildman–Crippen MR) is 56.4 cm³/mol. The Morgan fingerprint density at radius 1 is 0.923 bits per heavy atom. The van der Waals surface area contributed by atoms with Crippen LogP contribution in [0.1, 0.15) is 19.3 Å². The van der Waals surface area contributed by atoms with Crippen molar-refractivity contribution in [1.82, 2.24) is 0 Å². The van der Waals surface area contributed by atoms with Crippen LogP contribution in [0, 0.1) is 0 Å². The molecule has 70 valence electrons. The summed E-state index contributed by atoms with van der Waals surface area (Å²) in [7, 11) is 0. The molecule has 0 heterocycles. The van der Waals surface area contributed by atoms with Crippen LogP contribution in [0.2, 0.25) is 0 Å². The lowest BCUT2D eigenvalue weighted by molar-refractivity contribution is 0.285. The highest BCUT2D eigenvalue weighted by Gasteiger charge is 1.92. The third-order valence-corrected chi connectivity index (χ3v) is 1.94. The number of rotatable bonds is 4. The molecule has 0 aliphatic heterocycles. The van der Waals surface area contributed by atoms with Crippen molar-refractivity contribution in [1.29, 1.82) is 0 Å². The molecule has 1 nitrogen and oxygen atoms in total. The summed E-state index contributed by atoms with van der Waals surface area (Å²) in [5.74, 6) is 0. The summed E-state index contributed by atoms with van der Waals surface area (Å²) in [4.78, 5) is 0. The van der Waals surface area contributed by atoms with Crippen LogP contribution in [0.5, 0.6) is 0 Å². The molecule has 0 atom stereocenters. The fourth-order valence-corrected chi connectivity index (χ4v) is 1.21. The molecule has 1 N–H and O–H groups in total. The summed E-state index contributed by atoms with van der Waals surface area (Å²) >= 11 is 0. The van der Waals surface area contributed by atoms with Crippen LogP contribution >= 0.6 is 0 Å². The van der Waals surface area contributed by atoms with E-state index in [1.807, 2.05) is 30.4 Å². The van der Waals surface area contributed by atoms with Crippen LogP contribution < -0.4 is 0 Å². The second-order valence-electron chi connectivity index (χ2n) is 3.05. The highest BCUT2D eigenvalue weighted by molar-refractivity contribution is 5.30. The minimum atomic E-state index is 0.298. The molecule has 0 amide bonds. The van der Waals surface area contributed by atoms with Crippen LogP contribution in [-0.4, -0.2) is 11.7 Å². The van der Waals surface area contributed by atoms with Crippen LogP contribution in [-0.2, 0) is 0 Å². The van der Waals surface area contributed by atoms with Crippen molar-refractivity contribution < 1.29 is 5.11 Å². The lowest BCUT2D eigenvalue weighted by Gasteiger charge is -2.00. The van der Waals surface area contributed by atoms with Gasteiger partial charge in [-0.2, -0.15) is 0 Å². The average molecular weight is 176 g/mol. The zero-order valence-corrected chi connectivity index (χ0v) is 7.82. The van der Waals surface area contributed by atoms with Crippen molar-refractivity contribution in [2.45, 2.75) is 19.3 Å². The Morgan fingerprint density at radius 2 is 1.69 bits per heavy atom. The maximum Gasteiger partial charge on any atom is 0.0431 e. The van der Waals surface area contributed by atoms with Gasteiger partial charge in [0.25, 0.3) is 0 Å². The van der Waals surface area contributed by atoms with E-state index in [9.17, 15) is 0 Å². The van der Waals surface area contributed by atoms with E-state index < -0.39 is 0 Å². The van der Waals surface area contributed by atoms with Crippen LogP contribution in [0.4, 0.5) is 0 Å². The van der Waals surface area contributed by atoms with Crippen molar-refractivity contribution in [3.63, 3.8) is 0 Å². The van der Waals surface area contributed by atoms with Crippen LogP contribution in [0.25, 0.3) is 0 Å². The SMILES string of the molecule is OCCCCC1=CC=CC=CC=C1. The summed E-state index contributed by atoms with van der Waals surface area (Å²) in [6, 6.07) is 0. The van der Waals surface area contributed by atoms with Gasteiger partial charge in [-0.15, -0.1) is 0 Å². The second-order valence-corrected chi connectivity index (χ2v) is 3.05. The van der Waals surface area contributed by atoms with Crippen molar-refractivity contribution in [3.8, 4) is 0 Å². The van der Waals surface area contributed by atoms with E-state index >= 15 is 0 Å². The Balaban J connectivity index is 2.39. The molecule has 0 bridgehead atoms. The molecule has 0 saturated heterocycles. The third kappa shape index (κ3) is 4.48. The zero-order valence-electron chi connectivity index (χ0n) is 7.82. The first-order chi connectivity index (χ1) is 6.43. The average Bonchev–Trinajstić information content (AvgIpc) is 2.08. The molecular weight excluding hydrogens is 160 g/mol. The van der Waals surface area contributed by atoms with Gasteiger partial charge < -0.3 is 5.11 Å². The first-order valence-electron chi connectivity index (χ1n) is 4.75. The molecule has 0 spiro atoms. The topological polar surface area (TPSA) is 20.2 Å². The fourth-order valence-electron chi connectivity index (χ4n) is 1.21. The first kappa shape index (κ1) is 10.0. The van der Waals surface area contributed by atoms with Gasteiger partial charge in [-0.1, -0.05) is 42.5 Å². The largest absolute Gasteiger partial charge is 0.396 e. The second kappa shape index (κ2) is 6.44. The van der Waals surface area contributed by atoms with Gasteiger partial charge in [0.05, 0.1) is 0 Å². The molecule has 0 saturated carbocycles. The number of aliphatic hydroxyl groups excluding tert-OH is 1. The molecule has 1 aliphatic carbocycles. The third-order valence-electron chi connectivity index (χ3n) is 1.94. The standard InChI is InChI=1S/C12H16O/c13-11-7-6-10-12-8-4-2-1-3-5-9-12/h1-5,8-9,13H,6-7,10-11H2. The summed E-state index contributed by atoms with van der Waals surface area (Å²) in [5, 5.41) is 8.63. The van der Waals surface area contributed by atoms with E-state index in [4.69, 9.17) is 5.11 Å². The van der Waals surface area contributed by atoms with Crippen molar-refractivity contribution in [2.24, 2.45) is 0 Å². The monoisotopic (exact) mass is 176 g/mol.